The van der Waals surface area contributed by atoms with Crippen LogP contribution in [0, 0.1) is 6.92 Å². The predicted molar refractivity (Wildman–Crippen MR) is 135 cm³/mol. The average Bonchev–Trinajstić information content (AvgIpc) is 3.19. The number of aryl methyl sites for hydroxylation is 1. The second-order valence-electron chi connectivity index (χ2n) is 7.73. The maximum atomic E-state index is 10.5. The van der Waals surface area contributed by atoms with Crippen LogP contribution < -0.4 is 4.74 Å². The first-order valence-corrected chi connectivity index (χ1v) is 11.9. The first-order chi connectivity index (χ1) is 16.5. The number of carbonyl (C=O) groups excluding carboxylic acids is 1. The van der Waals surface area contributed by atoms with E-state index in [1.54, 1.807) is 0 Å². The number of hydrogen-bond acceptors (Lipinski definition) is 5. The van der Waals surface area contributed by atoms with Crippen molar-refractivity contribution in [3.8, 4) is 17.0 Å². The largest absolute Gasteiger partial charge is 0.489 e. The van der Waals surface area contributed by atoms with Gasteiger partial charge in [0.1, 0.15) is 36.7 Å². The number of aldehydes is 1. The third kappa shape index (κ3) is 6.35. The third-order valence-corrected chi connectivity index (χ3v) is 5.95. The average molecular weight is 541 g/mol. The quantitative estimate of drug-likeness (QED) is 0.161. The Balaban J connectivity index is 1.42. The number of benzene rings is 3. The topological polar surface area (TPSA) is 61.6 Å². The molecule has 0 saturated carbocycles. The molecule has 0 radical (unpaired) electrons. The SMILES string of the molecule is Cc1oc(Cc2cccc(Cl)c2)nc1-c1ccc(OCc2ccc(Br)cc2COCC=O)cc1. The molecule has 174 valence electrons. The molecule has 7 heteroatoms. The molecule has 0 saturated heterocycles. The van der Waals surface area contributed by atoms with Gasteiger partial charge in [-0.25, -0.2) is 4.98 Å². The van der Waals surface area contributed by atoms with Crippen molar-refractivity contribution in [3.63, 3.8) is 0 Å². The summed E-state index contributed by atoms with van der Waals surface area (Å²) in [6, 6.07) is 21.4. The third-order valence-electron chi connectivity index (χ3n) is 5.22. The van der Waals surface area contributed by atoms with Crippen LogP contribution in [0.1, 0.15) is 28.3 Å². The normalized spacial score (nSPS) is 10.9. The predicted octanol–water partition coefficient (Wildman–Crippen LogP) is 6.95. The summed E-state index contributed by atoms with van der Waals surface area (Å²) in [5.41, 5.74) is 4.78. The molecule has 5 nitrogen and oxygen atoms in total. The number of hydrogen-bond donors (Lipinski definition) is 0. The van der Waals surface area contributed by atoms with Crippen molar-refractivity contribution in [2.45, 2.75) is 26.6 Å². The lowest BCUT2D eigenvalue weighted by Gasteiger charge is -2.12. The van der Waals surface area contributed by atoms with E-state index in [2.05, 4.69) is 20.9 Å². The van der Waals surface area contributed by atoms with Crippen molar-refractivity contribution in [1.82, 2.24) is 4.98 Å². The minimum absolute atomic E-state index is 0.0660. The van der Waals surface area contributed by atoms with E-state index in [1.165, 1.54) is 0 Å². The molecule has 4 aromatic rings. The molecule has 0 N–H and O–H groups in total. The highest BCUT2D eigenvalue weighted by atomic mass is 79.9. The van der Waals surface area contributed by atoms with Gasteiger partial charge in [0.25, 0.3) is 0 Å². The van der Waals surface area contributed by atoms with E-state index in [-0.39, 0.29) is 6.61 Å². The van der Waals surface area contributed by atoms with Crippen molar-refractivity contribution in [3.05, 3.63) is 105 Å². The Hall–Kier alpha value is -2.93. The zero-order valence-corrected chi connectivity index (χ0v) is 20.9. The zero-order valence-electron chi connectivity index (χ0n) is 18.6. The van der Waals surface area contributed by atoms with Crippen molar-refractivity contribution in [2.75, 3.05) is 6.61 Å². The number of ether oxygens (including phenoxy) is 2. The van der Waals surface area contributed by atoms with Crippen molar-refractivity contribution >= 4 is 33.8 Å². The molecule has 0 amide bonds. The highest BCUT2D eigenvalue weighted by molar-refractivity contribution is 9.10. The first-order valence-electron chi connectivity index (χ1n) is 10.7. The molecule has 0 aliphatic carbocycles. The molecule has 0 unspecified atom stereocenters. The standard InChI is InChI=1S/C27H23BrClNO4/c1-18-27(30-26(34-18)14-19-3-2-4-24(29)13-19)20-6-9-25(10-7-20)33-17-21-5-8-23(28)15-22(21)16-32-12-11-31/h2-11,13,15H,12,14,16-17H2,1H3. The van der Waals surface area contributed by atoms with Crippen LogP contribution >= 0.6 is 27.5 Å². The van der Waals surface area contributed by atoms with E-state index in [4.69, 9.17) is 25.5 Å². The van der Waals surface area contributed by atoms with Gasteiger partial charge in [-0.2, -0.15) is 0 Å². The van der Waals surface area contributed by atoms with Gasteiger partial charge in [0.2, 0.25) is 0 Å². The van der Waals surface area contributed by atoms with Gasteiger partial charge < -0.3 is 18.7 Å². The van der Waals surface area contributed by atoms with Gasteiger partial charge >= 0.3 is 0 Å². The van der Waals surface area contributed by atoms with Crippen molar-refractivity contribution in [2.24, 2.45) is 0 Å². The summed E-state index contributed by atoms with van der Waals surface area (Å²) < 4.78 is 18.2. The van der Waals surface area contributed by atoms with Gasteiger partial charge in [0, 0.05) is 21.5 Å². The van der Waals surface area contributed by atoms with E-state index in [0.717, 1.165) is 50.2 Å². The number of oxazole rings is 1. The number of rotatable bonds is 10. The van der Waals surface area contributed by atoms with Crippen LogP contribution in [0.5, 0.6) is 5.75 Å². The Morgan fingerprint density at radius 1 is 1.03 bits per heavy atom. The zero-order chi connectivity index (χ0) is 23.9. The fraction of sp³-hybridized carbons (Fsp3) is 0.185. The van der Waals surface area contributed by atoms with Crippen LogP contribution in [-0.4, -0.2) is 17.9 Å². The number of nitrogens with zero attached hydrogens (tertiary/aromatic N) is 1. The number of carbonyl (C=O) groups is 1. The van der Waals surface area contributed by atoms with Crippen molar-refractivity contribution in [1.29, 1.82) is 0 Å². The summed E-state index contributed by atoms with van der Waals surface area (Å²) in [5.74, 6) is 2.15. The molecular weight excluding hydrogens is 518 g/mol. The van der Waals surface area contributed by atoms with E-state index in [0.29, 0.717) is 30.5 Å². The maximum Gasteiger partial charge on any atom is 0.199 e. The maximum absolute atomic E-state index is 10.5. The molecule has 0 bridgehead atoms. The van der Waals surface area contributed by atoms with Crippen LogP contribution in [0.4, 0.5) is 0 Å². The second kappa shape index (κ2) is 11.5. The smallest absolute Gasteiger partial charge is 0.199 e. The molecule has 4 rings (SSSR count). The van der Waals surface area contributed by atoms with E-state index < -0.39 is 0 Å². The minimum atomic E-state index is 0.0660. The molecule has 1 heterocycles. The van der Waals surface area contributed by atoms with Crippen LogP contribution in [-0.2, 0) is 29.2 Å². The van der Waals surface area contributed by atoms with E-state index in [9.17, 15) is 4.79 Å². The molecule has 34 heavy (non-hydrogen) atoms. The Bertz CT molecular complexity index is 1270. The van der Waals surface area contributed by atoms with E-state index in [1.807, 2.05) is 73.7 Å². The fourth-order valence-corrected chi connectivity index (χ4v) is 4.19. The van der Waals surface area contributed by atoms with Gasteiger partial charge in [0.15, 0.2) is 5.89 Å². The van der Waals surface area contributed by atoms with Crippen molar-refractivity contribution < 1.29 is 18.7 Å². The fourth-order valence-electron chi connectivity index (χ4n) is 3.57. The second-order valence-corrected chi connectivity index (χ2v) is 9.08. The summed E-state index contributed by atoms with van der Waals surface area (Å²) in [4.78, 5) is 15.2. The molecule has 3 aromatic carbocycles. The molecule has 0 atom stereocenters. The monoisotopic (exact) mass is 539 g/mol. The Morgan fingerprint density at radius 2 is 1.85 bits per heavy atom. The van der Waals surface area contributed by atoms with Gasteiger partial charge in [-0.3, -0.25) is 0 Å². The van der Waals surface area contributed by atoms with Gasteiger partial charge in [-0.05, 0) is 72.1 Å². The van der Waals surface area contributed by atoms with Crippen LogP contribution in [0.3, 0.4) is 0 Å². The van der Waals surface area contributed by atoms with E-state index >= 15 is 0 Å². The summed E-state index contributed by atoms with van der Waals surface area (Å²) >= 11 is 9.56. The summed E-state index contributed by atoms with van der Waals surface area (Å²) in [5, 5.41) is 0.695. The Labute approximate surface area is 211 Å². The van der Waals surface area contributed by atoms with Gasteiger partial charge in [-0.15, -0.1) is 0 Å². The lowest BCUT2D eigenvalue weighted by molar-refractivity contribution is -0.112. The van der Waals surface area contributed by atoms with Crippen LogP contribution in [0.25, 0.3) is 11.3 Å². The summed E-state index contributed by atoms with van der Waals surface area (Å²) in [7, 11) is 0. The lowest BCUT2D eigenvalue weighted by atomic mass is 10.1. The molecule has 0 aliphatic rings. The Kier molecular flexibility index (Phi) is 8.16. The summed E-state index contributed by atoms with van der Waals surface area (Å²) in [6.07, 6.45) is 1.32. The number of halogens is 2. The Morgan fingerprint density at radius 3 is 2.62 bits per heavy atom. The highest BCUT2D eigenvalue weighted by Crippen LogP contribution is 2.27. The lowest BCUT2D eigenvalue weighted by Crippen LogP contribution is -2.03. The minimum Gasteiger partial charge on any atom is -0.489 e. The molecule has 1 aromatic heterocycles. The molecule has 0 spiro atoms. The van der Waals surface area contributed by atoms with Crippen LogP contribution in [0.15, 0.2) is 75.6 Å². The molecule has 0 aliphatic heterocycles. The van der Waals surface area contributed by atoms with Gasteiger partial charge in [0.05, 0.1) is 6.61 Å². The van der Waals surface area contributed by atoms with Gasteiger partial charge in [-0.1, -0.05) is 45.7 Å². The molecular formula is C27H23BrClNO4. The summed E-state index contributed by atoms with van der Waals surface area (Å²) in [6.45, 7) is 2.71. The number of aromatic nitrogens is 1. The van der Waals surface area contributed by atoms with Crippen LogP contribution in [0.2, 0.25) is 5.02 Å². The molecule has 0 fully saturated rings. The highest BCUT2D eigenvalue weighted by Gasteiger charge is 2.13. The first kappa shape index (κ1) is 24.2.